The van der Waals surface area contributed by atoms with Crippen molar-refractivity contribution in [1.29, 1.82) is 0 Å². The van der Waals surface area contributed by atoms with Crippen LogP contribution < -0.4 is 10.9 Å². The maximum absolute atomic E-state index is 12.4. The fourth-order valence-corrected chi connectivity index (χ4v) is 2.52. The summed E-state index contributed by atoms with van der Waals surface area (Å²) in [6.07, 6.45) is 5.00. The molecule has 130 valence electrons. The number of pyridine rings is 1. The molecule has 0 aliphatic heterocycles. The maximum atomic E-state index is 12.4. The molecule has 7 nitrogen and oxygen atoms in total. The van der Waals surface area contributed by atoms with Crippen molar-refractivity contribution in [1.82, 2.24) is 19.2 Å². The summed E-state index contributed by atoms with van der Waals surface area (Å²) in [5.41, 5.74) is 0.978. The van der Waals surface area contributed by atoms with Gasteiger partial charge in [-0.1, -0.05) is 6.07 Å². The van der Waals surface area contributed by atoms with Gasteiger partial charge in [0, 0.05) is 37.1 Å². The molecule has 25 heavy (non-hydrogen) atoms. The van der Waals surface area contributed by atoms with Crippen LogP contribution in [-0.4, -0.2) is 45.8 Å². The summed E-state index contributed by atoms with van der Waals surface area (Å²) in [4.78, 5) is 26.6. The Labute approximate surface area is 145 Å². The molecule has 7 heteroatoms. The molecular formula is C18H21N5O2. The van der Waals surface area contributed by atoms with E-state index >= 15 is 0 Å². The number of fused-ring (bicyclic) bond motifs is 1. The van der Waals surface area contributed by atoms with Gasteiger partial charge < -0.3 is 14.8 Å². The third-order valence-electron chi connectivity index (χ3n) is 4.01. The summed E-state index contributed by atoms with van der Waals surface area (Å²) < 4.78 is 3.26. The molecule has 3 aromatic rings. The number of aryl methyl sites for hydroxylation is 1. The molecule has 1 N–H and O–H groups in total. The summed E-state index contributed by atoms with van der Waals surface area (Å²) in [5.74, 6) is -0.247. The summed E-state index contributed by atoms with van der Waals surface area (Å²) in [6, 6.07) is 7.19. The SMILES string of the molecule is CN(C)CCn1cc(C(=O)Nc2ccc3ccn(C)c(=O)c3c2)cn1. The highest BCUT2D eigenvalue weighted by Crippen LogP contribution is 2.16. The van der Waals surface area contributed by atoms with E-state index in [1.807, 2.05) is 26.2 Å². The van der Waals surface area contributed by atoms with Crippen LogP contribution >= 0.6 is 0 Å². The van der Waals surface area contributed by atoms with Gasteiger partial charge in [-0.15, -0.1) is 0 Å². The molecule has 0 saturated heterocycles. The lowest BCUT2D eigenvalue weighted by atomic mass is 10.1. The minimum atomic E-state index is -0.247. The second-order valence-electron chi connectivity index (χ2n) is 6.28. The maximum Gasteiger partial charge on any atom is 0.258 e. The average Bonchev–Trinajstić information content (AvgIpc) is 3.06. The van der Waals surface area contributed by atoms with E-state index < -0.39 is 0 Å². The number of amides is 1. The van der Waals surface area contributed by atoms with Crippen molar-refractivity contribution < 1.29 is 4.79 Å². The zero-order valence-corrected chi connectivity index (χ0v) is 14.6. The lowest BCUT2D eigenvalue weighted by Crippen LogP contribution is -2.18. The van der Waals surface area contributed by atoms with E-state index in [9.17, 15) is 9.59 Å². The lowest BCUT2D eigenvalue weighted by Gasteiger charge is -2.08. The Hall–Kier alpha value is -2.93. The fourth-order valence-electron chi connectivity index (χ4n) is 2.52. The van der Waals surface area contributed by atoms with Crippen LogP contribution in [0.2, 0.25) is 0 Å². The van der Waals surface area contributed by atoms with Crippen molar-refractivity contribution in [2.45, 2.75) is 6.54 Å². The molecule has 0 fully saturated rings. The minimum Gasteiger partial charge on any atom is -0.322 e. The number of carbonyl (C=O) groups excluding carboxylic acids is 1. The molecule has 0 aliphatic rings. The summed E-state index contributed by atoms with van der Waals surface area (Å²) >= 11 is 0. The molecule has 0 atom stereocenters. The van der Waals surface area contributed by atoms with Gasteiger partial charge in [0.15, 0.2) is 0 Å². The zero-order valence-electron chi connectivity index (χ0n) is 14.6. The number of hydrogen-bond acceptors (Lipinski definition) is 4. The molecule has 2 heterocycles. The van der Waals surface area contributed by atoms with Gasteiger partial charge in [-0.3, -0.25) is 14.3 Å². The first-order valence-electron chi connectivity index (χ1n) is 8.02. The van der Waals surface area contributed by atoms with Gasteiger partial charge in [0.05, 0.1) is 18.3 Å². The highest BCUT2D eigenvalue weighted by molar-refractivity contribution is 6.04. The Bertz CT molecular complexity index is 971. The first-order chi connectivity index (χ1) is 11.9. The first-order valence-corrected chi connectivity index (χ1v) is 8.02. The van der Waals surface area contributed by atoms with Gasteiger partial charge in [0.1, 0.15) is 0 Å². The van der Waals surface area contributed by atoms with Gasteiger partial charge in [-0.25, -0.2) is 0 Å². The number of aromatic nitrogens is 3. The van der Waals surface area contributed by atoms with E-state index in [0.717, 1.165) is 11.9 Å². The monoisotopic (exact) mass is 339 g/mol. The highest BCUT2D eigenvalue weighted by atomic mass is 16.1. The van der Waals surface area contributed by atoms with Crippen LogP contribution in [0, 0.1) is 0 Å². The van der Waals surface area contributed by atoms with Gasteiger partial charge in [0.25, 0.3) is 11.5 Å². The van der Waals surface area contributed by atoms with Gasteiger partial charge in [0.2, 0.25) is 0 Å². The number of likely N-dealkylation sites (N-methyl/N-ethyl adjacent to an activating group) is 1. The molecule has 0 radical (unpaired) electrons. The Kier molecular flexibility index (Phi) is 4.67. The normalized spacial score (nSPS) is 11.2. The third-order valence-corrected chi connectivity index (χ3v) is 4.01. The third kappa shape index (κ3) is 3.77. The topological polar surface area (TPSA) is 72.2 Å². The lowest BCUT2D eigenvalue weighted by molar-refractivity contribution is 0.102. The highest BCUT2D eigenvalue weighted by Gasteiger charge is 2.10. The van der Waals surface area contributed by atoms with Crippen LogP contribution in [0.25, 0.3) is 10.8 Å². The number of hydrogen-bond donors (Lipinski definition) is 1. The Balaban J connectivity index is 1.78. The number of carbonyl (C=O) groups is 1. The van der Waals surface area contributed by atoms with Gasteiger partial charge >= 0.3 is 0 Å². The Morgan fingerprint density at radius 3 is 2.84 bits per heavy atom. The van der Waals surface area contributed by atoms with Crippen LogP contribution in [0.5, 0.6) is 0 Å². The number of anilines is 1. The minimum absolute atomic E-state index is 0.0925. The molecule has 0 unspecified atom stereocenters. The molecular weight excluding hydrogens is 318 g/mol. The van der Waals surface area contributed by atoms with Crippen LogP contribution in [0.1, 0.15) is 10.4 Å². The van der Waals surface area contributed by atoms with Gasteiger partial charge in [-0.2, -0.15) is 5.10 Å². The van der Waals surface area contributed by atoms with Crippen LogP contribution in [0.3, 0.4) is 0 Å². The predicted octanol–water partition coefficient (Wildman–Crippen LogP) is 1.55. The van der Waals surface area contributed by atoms with E-state index in [-0.39, 0.29) is 11.5 Å². The summed E-state index contributed by atoms with van der Waals surface area (Å²) in [7, 11) is 5.68. The van der Waals surface area contributed by atoms with Gasteiger partial charge in [-0.05, 0) is 37.7 Å². The molecule has 0 spiro atoms. The zero-order chi connectivity index (χ0) is 18.0. The van der Waals surface area contributed by atoms with Crippen molar-refractivity contribution >= 4 is 22.4 Å². The Morgan fingerprint density at radius 2 is 2.08 bits per heavy atom. The summed E-state index contributed by atoms with van der Waals surface area (Å²) in [6.45, 7) is 1.56. The van der Waals surface area contributed by atoms with E-state index in [0.29, 0.717) is 23.2 Å². The van der Waals surface area contributed by atoms with Crippen molar-refractivity contribution in [2.75, 3.05) is 26.0 Å². The number of nitrogens with one attached hydrogen (secondary N) is 1. The van der Waals surface area contributed by atoms with Crippen LogP contribution in [0.15, 0.2) is 47.7 Å². The van der Waals surface area contributed by atoms with Crippen LogP contribution in [0.4, 0.5) is 5.69 Å². The number of rotatable bonds is 5. The molecule has 0 saturated carbocycles. The standard InChI is InChI=1S/C18H21N5O2/c1-21(2)8-9-23-12-14(11-19-23)17(24)20-15-5-4-13-6-7-22(3)18(25)16(13)10-15/h4-7,10-12H,8-9H2,1-3H3,(H,20,24). The Morgan fingerprint density at radius 1 is 1.28 bits per heavy atom. The van der Waals surface area contributed by atoms with E-state index in [4.69, 9.17) is 0 Å². The molecule has 3 rings (SSSR count). The first kappa shape index (κ1) is 16.9. The second kappa shape index (κ2) is 6.90. The quantitative estimate of drug-likeness (QED) is 0.765. The van der Waals surface area contributed by atoms with Crippen molar-refractivity contribution in [2.24, 2.45) is 7.05 Å². The molecule has 2 aromatic heterocycles. The van der Waals surface area contributed by atoms with E-state index in [2.05, 4.69) is 15.3 Å². The predicted molar refractivity (Wildman–Crippen MR) is 97.9 cm³/mol. The van der Waals surface area contributed by atoms with Crippen molar-refractivity contribution in [3.05, 3.63) is 58.8 Å². The van der Waals surface area contributed by atoms with Crippen molar-refractivity contribution in [3.8, 4) is 0 Å². The molecule has 1 amide bonds. The molecule has 0 bridgehead atoms. The second-order valence-corrected chi connectivity index (χ2v) is 6.28. The van der Waals surface area contributed by atoms with E-state index in [1.54, 1.807) is 42.5 Å². The van der Waals surface area contributed by atoms with Crippen LogP contribution in [-0.2, 0) is 13.6 Å². The largest absolute Gasteiger partial charge is 0.322 e. The molecule has 1 aromatic carbocycles. The van der Waals surface area contributed by atoms with Crippen molar-refractivity contribution in [3.63, 3.8) is 0 Å². The molecule has 0 aliphatic carbocycles. The number of nitrogens with zero attached hydrogens (tertiary/aromatic N) is 4. The smallest absolute Gasteiger partial charge is 0.258 e. The number of benzene rings is 1. The summed E-state index contributed by atoms with van der Waals surface area (Å²) in [5, 5.41) is 8.45. The average molecular weight is 339 g/mol. The fraction of sp³-hybridized carbons (Fsp3) is 0.278. The van der Waals surface area contributed by atoms with E-state index in [1.165, 1.54) is 4.57 Å².